The molecule has 1 aliphatic heterocycles. The number of methoxy groups -OCH3 is 2. The summed E-state index contributed by atoms with van der Waals surface area (Å²) < 4.78 is 37.2. The highest BCUT2D eigenvalue weighted by Crippen LogP contribution is 2.33. The van der Waals surface area contributed by atoms with E-state index in [1.54, 1.807) is 19.1 Å². The van der Waals surface area contributed by atoms with Crippen LogP contribution in [0.4, 0.5) is 0 Å². The number of ether oxygens (including phenoxy) is 2. The van der Waals surface area contributed by atoms with Crippen molar-refractivity contribution < 1.29 is 27.8 Å². The number of hydrogen-bond donors (Lipinski definition) is 1. The highest BCUT2D eigenvalue weighted by molar-refractivity contribution is 7.89. The van der Waals surface area contributed by atoms with Crippen LogP contribution in [0.2, 0.25) is 0 Å². The number of carboxylic acid groups (broad SMARTS) is 1. The average Bonchev–Trinajstić information content (AvgIpc) is 2.90. The van der Waals surface area contributed by atoms with Gasteiger partial charge in [-0.3, -0.25) is 4.79 Å². The molecule has 0 radical (unpaired) electrons. The van der Waals surface area contributed by atoms with Crippen molar-refractivity contribution in [2.24, 2.45) is 11.8 Å². The van der Waals surface area contributed by atoms with E-state index in [1.165, 1.54) is 24.6 Å². The fourth-order valence-corrected chi connectivity index (χ4v) is 4.53. The molecule has 1 aromatic rings. The van der Waals surface area contributed by atoms with Crippen LogP contribution in [-0.4, -0.2) is 51.1 Å². The Morgan fingerprint density at radius 1 is 1.35 bits per heavy atom. The third-order valence-electron chi connectivity index (χ3n) is 4.05. The number of carboxylic acids is 1. The lowest BCUT2D eigenvalue weighted by Gasteiger charge is -2.18. The first-order valence-electron chi connectivity index (χ1n) is 7.20. The summed E-state index contributed by atoms with van der Waals surface area (Å²) in [6, 6.07) is 4.82. The summed E-state index contributed by atoms with van der Waals surface area (Å²) in [4.78, 5) is 11.3. The summed E-state index contributed by atoms with van der Waals surface area (Å²) in [5, 5.41) is 9.19. The van der Waals surface area contributed by atoms with E-state index in [2.05, 4.69) is 0 Å². The number of aliphatic carboxylic acids is 1. The monoisotopic (exact) mass is 343 g/mol. The summed E-state index contributed by atoms with van der Waals surface area (Å²) in [5.74, 6) is -1.68. The van der Waals surface area contributed by atoms with Gasteiger partial charge in [0.2, 0.25) is 10.0 Å². The molecule has 128 valence electrons. The Kier molecular flexibility index (Phi) is 5.28. The Morgan fingerprint density at radius 2 is 2.04 bits per heavy atom. The minimum absolute atomic E-state index is 0.0313. The van der Waals surface area contributed by atoms with Crippen LogP contribution in [-0.2, 0) is 26.2 Å². The van der Waals surface area contributed by atoms with Crippen molar-refractivity contribution >= 4 is 16.0 Å². The van der Waals surface area contributed by atoms with E-state index in [-0.39, 0.29) is 36.3 Å². The van der Waals surface area contributed by atoms with Gasteiger partial charge in [-0.15, -0.1) is 0 Å². The molecule has 7 nitrogen and oxygen atoms in total. The molecule has 0 aromatic heterocycles. The number of hydrogen-bond acceptors (Lipinski definition) is 5. The summed E-state index contributed by atoms with van der Waals surface area (Å²) in [6.07, 6.45) is 0. The van der Waals surface area contributed by atoms with E-state index in [0.717, 1.165) is 0 Å². The summed E-state index contributed by atoms with van der Waals surface area (Å²) in [7, 11) is -0.907. The molecule has 1 heterocycles. The van der Waals surface area contributed by atoms with Gasteiger partial charge >= 0.3 is 5.97 Å². The molecule has 1 saturated heterocycles. The van der Waals surface area contributed by atoms with Crippen LogP contribution in [0.25, 0.3) is 0 Å². The molecule has 0 aliphatic carbocycles. The van der Waals surface area contributed by atoms with Gasteiger partial charge in [-0.1, -0.05) is 13.0 Å². The molecular formula is C15H21NO6S. The first-order chi connectivity index (χ1) is 10.8. The normalized spacial score (nSPS) is 22.2. The fraction of sp³-hybridized carbons (Fsp3) is 0.533. The molecule has 0 saturated carbocycles. The smallest absolute Gasteiger partial charge is 0.308 e. The van der Waals surface area contributed by atoms with Crippen LogP contribution in [0.15, 0.2) is 23.1 Å². The molecule has 1 aromatic carbocycles. The van der Waals surface area contributed by atoms with E-state index >= 15 is 0 Å². The van der Waals surface area contributed by atoms with Gasteiger partial charge in [0, 0.05) is 20.2 Å². The topological polar surface area (TPSA) is 93.1 Å². The lowest BCUT2D eigenvalue weighted by Crippen LogP contribution is -2.30. The van der Waals surface area contributed by atoms with Crippen LogP contribution in [0.3, 0.4) is 0 Å². The predicted octanol–water partition coefficient (Wildman–Crippen LogP) is 1.18. The van der Waals surface area contributed by atoms with Crippen molar-refractivity contribution in [3.05, 3.63) is 23.8 Å². The van der Waals surface area contributed by atoms with Crippen LogP contribution in [0.5, 0.6) is 5.75 Å². The molecular weight excluding hydrogens is 322 g/mol. The number of carbonyl (C=O) groups is 1. The van der Waals surface area contributed by atoms with Crippen LogP contribution in [0.1, 0.15) is 12.5 Å². The van der Waals surface area contributed by atoms with Crippen LogP contribution >= 0.6 is 0 Å². The molecule has 2 rings (SSSR count). The number of benzene rings is 1. The standard InChI is InChI=1S/C15H21NO6S/c1-10-7-16(8-12(10)15(17)18)23(19,20)14-6-11(9-21-2)4-5-13(14)22-3/h4-6,10,12H,7-9H2,1-3H3,(H,17,18)/t10-,12-/m1/s1. The molecule has 1 aliphatic rings. The molecule has 8 heteroatoms. The maximum Gasteiger partial charge on any atom is 0.308 e. The Morgan fingerprint density at radius 3 is 2.57 bits per heavy atom. The van der Waals surface area contributed by atoms with Crippen LogP contribution < -0.4 is 4.74 Å². The van der Waals surface area contributed by atoms with Crippen molar-refractivity contribution in [1.82, 2.24) is 4.31 Å². The molecule has 0 unspecified atom stereocenters. The first kappa shape index (κ1) is 17.7. The lowest BCUT2D eigenvalue weighted by molar-refractivity contribution is -0.142. The van der Waals surface area contributed by atoms with Gasteiger partial charge in [0.25, 0.3) is 0 Å². The SMILES string of the molecule is COCc1ccc(OC)c(S(=O)(=O)N2C[C@@H](C)[C@H](C(=O)O)C2)c1. The summed E-state index contributed by atoms with van der Waals surface area (Å²) in [6.45, 7) is 2.17. The molecule has 23 heavy (non-hydrogen) atoms. The van der Waals surface area contributed by atoms with E-state index in [1.807, 2.05) is 0 Å². The molecule has 0 spiro atoms. The van der Waals surface area contributed by atoms with Crippen molar-refractivity contribution in [2.45, 2.75) is 18.4 Å². The van der Waals surface area contributed by atoms with Gasteiger partial charge in [0.05, 0.1) is 19.6 Å². The minimum atomic E-state index is -3.83. The van der Waals surface area contributed by atoms with Crippen molar-refractivity contribution in [3.63, 3.8) is 0 Å². The Bertz CT molecular complexity index is 687. The third-order valence-corrected chi connectivity index (χ3v) is 5.91. The predicted molar refractivity (Wildman–Crippen MR) is 82.8 cm³/mol. The van der Waals surface area contributed by atoms with Crippen molar-refractivity contribution in [2.75, 3.05) is 27.3 Å². The van der Waals surface area contributed by atoms with E-state index in [0.29, 0.717) is 5.56 Å². The highest BCUT2D eigenvalue weighted by Gasteiger charge is 2.41. The quantitative estimate of drug-likeness (QED) is 0.834. The zero-order valence-corrected chi connectivity index (χ0v) is 14.2. The van der Waals surface area contributed by atoms with E-state index in [9.17, 15) is 18.3 Å². The zero-order valence-electron chi connectivity index (χ0n) is 13.4. The second-order valence-corrected chi connectivity index (χ2v) is 7.57. The van der Waals surface area contributed by atoms with Gasteiger partial charge in [-0.2, -0.15) is 4.31 Å². The number of sulfonamides is 1. The maximum absolute atomic E-state index is 12.9. The zero-order chi connectivity index (χ0) is 17.2. The summed E-state index contributed by atoms with van der Waals surface area (Å²) in [5.41, 5.74) is 0.703. The van der Waals surface area contributed by atoms with E-state index in [4.69, 9.17) is 9.47 Å². The largest absolute Gasteiger partial charge is 0.495 e. The number of nitrogens with zero attached hydrogens (tertiary/aromatic N) is 1. The van der Waals surface area contributed by atoms with Gasteiger partial charge < -0.3 is 14.6 Å². The highest BCUT2D eigenvalue weighted by atomic mass is 32.2. The second-order valence-electron chi connectivity index (χ2n) is 5.66. The van der Waals surface area contributed by atoms with Crippen molar-refractivity contribution in [1.29, 1.82) is 0 Å². The Hall–Kier alpha value is -1.64. The van der Waals surface area contributed by atoms with Gasteiger partial charge in [-0.05, 0) is 23.6 Å². The molecule has 0 bridgehead atoms. The fourth-order valence-electron chi connectivity index (χ4n) is 2.76. The molecule has 1 fully saturated rings. The van der Waals surface area contributed by atoms with Crippen LogP contribution in [0, 0.1) is 11.8 Å². The maximum atomic E-state index is 12.9. The third kappa shape index (κ3) is 3.49. The van der Waals surface area contributed by atoms with Crippen molar-refractivity contribution in [3.8, 4) is 5.75 Å². The minimum Gasteiger partial charge on any atom is -0.495 e. The Balaban J connectivity index is 2.39. The second kappa shape index (κ2) is 6.86. The lowest BCUT2D eigenvalue weighted by atomic mass is 9.99. The van der Waals surface area contributed by atoms with Gasteiger partial charge in [0.15, 0.2) is 0 Å². The van der Waals surface area contributed by atoms with Gasteiger partial charge in [0.1, 0.15) is 10.6 Å². The Labute approximate surface area is 135 Å². The average molecular weight is 343 g/mol. The molecule has 1 N–H and O–H groups in total. The van der Waals surface area contributed by atoms with Gasteiger partial charge in [-0.25, -0.2) is 8.42 Å². The first-order valence-corrected chi connectivity index (χ1v) is 8.64. The molecule has 2 atom stereocenters. The molecule has 0 amide bonds. The summed E-state index contributed by atoms with van der Waals surface area (Å²) >= 11 is 0. The number of rotatable bonds is 6. The van der Waals surface area contributed by atoms with E-state index < -0.39 is 21.9 Å².